The molecule has 1 aliphatic heterocycles. The number of β-amino-alcohol motifs (C(OH)–C–C–N with tert-alkyl or cyclic N) is 1. The first-order valence-electron chi connectivity index (χ1n) is 3.49. The van der Waals surface area contributed by atoms with Gasteiger partial charge in [-0.1, -0.05) is 0 Å². The third-order valence-electron chi connectivity index (χ3n) is 1.47. The molecule has 0 aromatic carbocycles. The van der Waals surface area contributed by atoms with Crippen LogP contribution in [0.4, 0.5) is 0 Å². The summed E-state index contributed by atoms with van der Waals surface area (Å²) < 4.78 is 0. The molecule has 1 aliphatic rings. The van der Waals surface area contributed by atoms with E-state index in [1.807, 2.05) is 0 Å². The highest BCUT2D eigenvalue weighted by atomic mass is 79.9. The number of hydrogen-bond acceptors (Lipinski definition) is 3. The molecule has 0 unspecified atom stereocenters. The van der Waals surface area contributed by atoms with Gasteiger partial charge in [0.2, 0.25) is 0 Å². The van der Waals surface area contributed by atoms with Gasteiger partial charge in [0.15, 0.2) is 0 Å². The normalized spacial score (nSPS) is 22.5. The van der Waals surface area contributed by atoms with Crippen LogP contribution in [0.15, 0.2) is 0 Å². The molecule has 0 bridgehead atoms. The summed E-state index contributed by atoms with van der Waals surface area (Å²) >= 11 is 0. The maximum atomic E-state index is 9.09. The summed E-state index contributed by atoms with van der Waals surface area (Å²) in [5.41, 5.74) is 0. The number of nitrogens with one attached hydrogen (secondary N) is 2. The summed E-state index contributed by atoms with van der Waals surface area (Å²) in [6, 6.07) is 0. The Bertz CT molecular complexity index is 74.1. The molecule has 0 aromatic heterocycles. The molecule has 62 valence electrons. The third kappa shape index (κ3) is 4.22. The second kappa shape index (κ2) is 6.09. The van der Waals surface area contributed by atoms with Crippen molar-refractivity contribution in [1.29, 1.82) is 0 Å². The van der Waals surface area contributed by atoms with Crippen molar-refractivity contribution in [3.05, 3.63) is 0 Å². The van der Waals surface area contributed by atoms with E-state index in [0.717, 1.165) is 32.6 Å². The molecule has 0 aromatic rings. The lowest BCUT2D eigenvalue weighted by atomic mass is 10.3. The van der Waals surface area contributed by atoms with E-state index in [1.165, 1.54) is 0 Å². The average Bonchev–Trinajstić information content (AvgIpc) is 1.79. The Morgan fingerprint density at radius 1 is 1.10 bits per heavy atom. The van der Waals surface area contributed by atoms with Crippen molar-refractivity contribution in [2.24, 2.45) is 0 Å². The highest BCUT2D eigenvalue weighted by Crippen LogP contribution is 1.83. The summed E-state index contributed by atoms with van der Waals surface area (Å²) in [4.78, 5) is 0. The van der Waals surface area contributed by atoms with Crippen molar-refractivity contribution in [2.45, 2.75) is 12.5 Å². The topological polar surface area (TPSA) is 44.3 Å². The van der Waals surface area contributed by atoms with E-state index in [-0.39, 0.29) is 23.1 Å². The van der Waals surface area contributed by atoms with Crippen molar-refractivity contribution in [2.75, 3.05) is 26.2 Å². The van der Waals surface area contributed by atoms with Crippen molar-refractivity contribution in [1.82, 2.24) is 10.6 Å². The minimum Gasteiger partial charge on any atom is -0.390 e. The maximum absolute atomic E-state index is 9.09. The quantitative estimate of drug-likeness (QED) is 0.506. The summed E-state index contributed by atoms with van der Waals surface area (Å²) in [5, 5.41) is 15.4. The standard InChI is InChI=1S/C6H14N2O.BrH/c9-6-4-7-2-1-3-8-5-6;/h6-9H,1-5H2;1H. The average molecular weight is 211 g/mol. The smallest absolute Gasteiger partial charge is 0.0788 e. The lowest BCUT2D eigenvalue weighted by Crippen LogP contribution is -2.39. The number of aliphatic hydroxyl groups excluding tert-OH is 1. The van der Waals surface area contributed by atoms with Crippen LogP contribution in [0, 0.1) is 0 Å². The number of halogens is 1. The third-order valence-corrected chi connectivity index (χ3v) is 1.47. The van der Waals surface area contributed by atoms with Crippen LogP contribution in [0.3, 0.4) is 0 Å². The molecule has 4 heteroatoms. The van der Waals surface area contributed by atoms with Crippen LogP contribution < -0.4 is 10.6 Å². The van der Waals surface area contributed by atoms with Crippen molar-refractivity contribution >= 4 is 17.0 Å². The van der Waals surface area contributed by atoms with Gasteiger partial charge in [0.25, 0.3) is 0 Å². The van der Waals surface area contributed by atoms with Gasteiger partial charge in [0, 0.05) is 13.1 Å². The molecule has 0 radical (unpaired) electrons. The fraction of sp³-hybridized carbons (Fsp3) is 1.00. The Labute approximate surface area is 72.0 Å². The largest absolute Gasteiger partial charge is 0.390 e. The van der Waals surface area contributed by atoms with Crippen LogP contribution in [-0.4, -0.2) is 37.4 Å². The molecule has 1 heterocycles. The first kappa shape index (κ1) is 10.4. The van der Waals surface area contributed by atoms with Crippen LogP contribution in [-0.2, 0) is 0 Å². The Morgan fingerprint density at radius 2 is 1.60 bits per heavy atom. The van der Waals surface area contributed by atoms with Gasteiger partial charge in [-0.2, -0.15) is 0 Å². The summed E-state index contributed by atoms with van der Waals surface area (Å²) in [7, 11) is 0. The minimum atomic E-state index is -0.203. The predicted molar refractivity (Wildman–Crippen MR) is 46.7 cm³/mol. The van der Waals surface area contributed by atoms with Crippen LogP contribution in [0.1, 0.15) is 6.42 Å². The van der Waals surface area contributed by atoms with Gasteiger partial charge in [-0.3, -0.25) is 0 Å². The molecule has 0 spiro atoms. The van der Waals surface area contributed by atoms with Crippen LogP contribution >= 0.6 is 17.0 Å². The number of hydrogen-bond donors (Lipinski definition) is 3. The fourth-order valence-electron chi connectivity index (χ4n) is 0.948. The second-order valence-corrected chi connectivity index (χ2v) is 2.42. The molecule has 3 N–H and O–H groups in total. The van der Waals surface area contributed by atoms with Crippen LogP contribution in [0.25, 0.3) is 0 Å². The molecule has 10 heavy (non-hydrogen) atoms. The summed E-state index contributed by atoms with van der Waals surface area (Å²) in [6.45, 7) is 3.49. The minimum absolute atomic E-state index is 0. The molecule has 0 saturated carbocycles. The fourth-order valence-corrected chi connectivity index (χ4v) is 0.948. The van der Waals surface area contributed by atoms with Gasteiger partial charge in [0.05, 0.1) is 6.10 Å². The number of aliphatic hydroxyl groups is 1. The summed E-state index contributed by atoms with van der Waals surface area (Å²) in [5.74, 6) is 0. The molecule has 1 saturated heterocycles. The molecule has 0 atom stereocenters. The van der Waals surface area contributed by atoms with Gasteiger partial charge in [-0.05, 0) is 19.5 Å². The van der Waals surface area contributed by atoms with Gasteiger partial charge < -0.3 is 15.7 Å². The van der Waals surface area contributed by atoms with Gasteiger partial charge in [-0.25, -0.2) is 0 Å². The molecule has 0 aliphatic carbocycles. The SMILES string of the molecule is Br.OC1CNCCCNC1. The Hall–Kier alpha value is 0.360. The molecule has 0 amide bonds. The first-order chi connectivity index (χ1) is 4.39. The zero-order valence-electron chi connectivity index (χ0n) is 5.97. The van der Waals surface area contributed by atoms with Crippen molar-refractivity contribution in [3.63, 3.8) is 0 Å². The van der Waals surface area contributed by atoms with Crippen LogP contribution in [0.5, 0.6) is 0 Å². The molecule has 1 rings (SSSR count). The van der Waals surface area contributed by atoms with Gasteiger partial charge in [-0.15, -0.1) is 17.0 Å². The predicted octanol–water partition coefficient (Wildman–Crippen LogP) is -0.492. The zero-order chi connectivity index (χ0) is 6.53. The van der Waals surface area contributed by atoms with Gasteiger partial charge in [0.1, 0.15) is 0 Å². The molecular formula is C6H15BrN2O. The Balaban J connectivity index is 0.000000810. The van der Waals surface area contributed by atoms with E-state index < -0.39 is 0 Å². The summed E-state index contributed by atoms with van der Waals surface area (Å²) in [6.07, 6.45) is 0.956. The molecule has 1 fully saturated rings. The van der Waals surface area contributed by atoms with E-state index >= 15 is 0 Å². The first-order valence-corrected chi connectivity index (χ1v) is 3.49. The van der Waals surface area contributed by atoms with Gasteiger partial charge >= 0.3 is 0 Å². The van der Waals surface area contributed by atoms with Crippen molar-refractivity contribution in [3.8, 4) is 0 Å². The van der Waals surface area contributed by atoms with E-state index in [0.29, 0.717) is 0 Å². The molecule has 3 nitrogen and oxygen atoms in total. The second-order valence-electron chi connectivity index (χ2n) is 2.42. The zero-order valence-corrected chi connectivity index (χ0v) is 7.68. The van der Waals surface area contributed by atoms with E-state index in [2.05, 4.69) is 10.6 Å². The highest BCUT2D eigenvalue weighted by Gasteiger charge is 2.04. The lowest BCUT2D eigenvalue weighted by molar-refractivity contribution is 0.163. The molecular weight excluding hydrogens is 196 g/mol. The van der Waals surface area contributed by atoms with Crippen LogP contribution in [0.2, 0.25) is 0 Å². The van der Waals surface area contributed by atoms with E-state index in [4.69, 9.17) is 5.11 Å². The van der Waals surface area contributed by atoms with Crippen molar-refractivity contribution < 1.29 is 5.11 Å². The lowest BCUT2D eigenvalue weighted by Gasteiger charge is -2.16. The highest BCUT2D eigenvalue weighted by molar-refractivity contribution is 8.93. The van der Waals surface area contributed by atoms with E-state index in [1.54, 1.807) is 0 Å². The Kier molecular flexibility index (Phi) is 6.31. The monoisotopic (exact) mass is 210 g/mol. The number of rotatable bonds is 0. The maximum Gasteiger partial charge on any atom is 0.0788 e. The Morgan fingerprint density at radius 3 is 2.10 bits per heavy atom. The van der Waals surface area contributed by atoms with E-state index in [9.17, 15) is 0 Å².